The van der Waals surface area contributed by atoms with E-state index < -0.39 is 0 Å². The van der Waals surface area contributed by atoms with E-state index in [1.54, 1.807) is 23.9 Å². The fourth-order valence-electron chi connectivity index (χ4n) is 4.74. The molecule has 1 saturated heterocycles. The molecule has 1 amide bonds. The topological polar surface area (TPSA) is 87.7 Å². The molecule has 1 fully saturated rings. The average molecular weight is 510 g/mol. The highest BCUT2D eigenvalue weighted by atomic mass is 32.2. The molecule has 5 rings (SSSR count). The van der Waals surface area contributed by atoms with Crippen LogP contribution in [0.3, 0.4) is 0 Å². The molecule has 3 heterocycles. The molecule has 190 valence electrons. The first-order chi connectivity index (χ1) is 17.6. The summed E-state index contributed by atoms with van der Waals surface area (Å²) in [5.74, 6) is 1.04. The van der Waals surface area contributed by atoms with Gasteiger partial charge in [-0.3, -0.25) is 14.7 Å². The maximum absolute atomic E-state index is 13.3. The maximum Gasteiger partial charge on any atom is 0.255 e. The van der Waals surface area contributed by atoms with Gasteiger partial charge in [0.15, 0.2) is 16.7 Å². The Balaban J connectivity index is 1.33. The molecule has 0 radical (unpaired) electrons. The highest BCUT2D eigenvalue weighted by Crippen LogP contribution is 2.41. The minimum Gasteiger partial charge on any atom is -0.493 e. The summed E-state index contributed by atoms with van der Waals surface area (Å²) in [6.45, 7) is 6.00. The molecule has 3 aliphatic heterocycles. The largest absolute Gasteiger partial charge is 0.493 e. The highest BCUT2D eigenvalue weighted by molar-refractivity contribution is 8.16. The van der Waals surface area contributed by atoms with Gasteiger partial charge in [-0.25, -0.2) is 0 Å². The molecular formula is C26H31N5O4S. The van der Waals surface area contributed by atoms with E-state index in [1.165, 1.54) is 21.3 Å². The van der Waals surface area contributed by atoms with Gasteiger partial charge in [0.2, 0.25) is 5.75 Å². The van der Waals surface area contributed by atoms with Crippen LogP contribution in [0.5, 0.6) is 17.2 Å². The van der Waals surface area contributed by atoms with Crippen LogP contribution in [-0.4, -0.2) is 87.5 Å². The lowest BCUT2D eigenvalue weighted by Gasteiger charge is -2.29. The third-order valence-corrected chi connectivity index (χ3v) is 7.42. The predicted molar refractivity (Wildman–Crippen MR) is 143 cm³/mol. The van der Waals surface area contributed by atoms with E-state index in [2.05, 4.69) is 25.8 Å². The molecule has 9 nitrogen and oxygen atoms in total. The molecule has 3 aliphatic rings. The number of carbonyl (C=O) groups is 1. The van der Waals surface area contributed by atoms with Crippen LogP contribution in [0.1, 0.15) is 15.9 Å². The lowest BCUT2D eigenvalue weighted by Crippen LogP contribution is -2.46. The Morgan fingerprint density at radius 1 is 1.11 bits per heavy atom. The van der Waals surface area contributed by atoms with Crippen molar-refractivity contribution in [3.63, 3.8) is 0 Å². The number of fused-ring (bicyclic) bond motifs is 1. The fraction of sp³-hybridized carbons (Fsp3) is 0.385. The number of anilines is 1. The molecule has 0 spiro atoms. The molecular weight excluding hydrogens is 478 g/mol. The standard InChI is InChI=1S/C26H31N5O4S/c1-33-22-12-17(13-23(34-2)24(22)35-3)25(32)29-20-7-5-4-6-19(20)21-16-36-26-28-18(15-31(21)26)14-30-10-8-27-9-11-30/h4-7,12-13,16,18,27H,8-11,14-15H2,1-3H3,(H,29,32). The Kier molecular flexibility index (Phi) is 7.35. The maximum atomic E-state index is 13.3. The number of amidine groups is 1. The van der Waals surface area contributed by atoms with Crippen LogP contribution in [0.25, 0.3) is 5.70 Å². The molecule has 36 heavy (non-hydrogen) atoms. The lowest BCUT2D eigenvalue weighted by molar-refractivity contribution is 0.102. The van der Waals surface area contributed by atoms with Crippen molar-refractivity contribution in [2.24, 2.45) is 4.99 Å². The van der Waals surface area contributed by atoms with Gasteiger partial charge < -0.3 is 29.7 Å². The van der Waals surface area contributed by atoms with E-state index >= 15 is 0 Å². The number of nitrogens with one attached hydrogen (secondary N) is 2. The van der Waals surface area contributed by atoms with Crippen LogP contribution in [-0.2, 0) is 0 Å². The van der Waals surface area contributed by atoms with Crippen molar-refractivity contribution in [3.05, 3.63) is 52.9 Å². The zero-order chi connectivity index (χ0) is 25.1. The number of thioether (sulfide) groups is 1. The number of hydrogen-bond donors (Lipinski definition) is 2. The Hall–Kier alpha value is -3.21. The zero-order valence-electron chi connectivity index (χ0n) is 20.7. The van der Waals surface area contributed by atoms with E-state index in [1.807, 2.05) is 24.3 Å². The monoisotopic (exact) mass is 509 g/mol. The van der Waals surface area contributed by atoms with Gasteiger partial charge in [-0.1, -0.05) is 30.0 Å². The first kappa shape index (κ1) is 24.5. The molecule has 1 unspecified atom stereocenters. The number of benzene rings is 2. The van der Waals surface area contributed by atoms with Crippen molar-refractivity contribution < 1.29 is 19.0 Å². The van der Waals surface area contributed by atoms with Gasteiger partial charge in [0, 0.05) is 55.8 Å². The van der Waals surface area contributed by atoms with Gasteiger partial charge in [-0.15, -0.1) is 0 Å². The first-order valence-electron chi connectivity index (χ1n) is 12.0. The second-order valence-corrected chi connectivity index (χ2v) is 9.60. The van der Waals surface area contributed by atoms with E-state index in [4.69, 9.17) is 19.2 Å². The number of hydrogen-bond acceptors (Lipinski definition) is 9. The van der Waals surface area contributed by atoms with E-state index in [0.717, 1.165) is 61.4 Å². The fourth-order valence-corrected chi connectivity index (χ4v) is 5.73. The van der Waals surface area contributed by atoms with E-state index in [-0.39, 0.29) is 11.9 Å². The first-order valence-corrected chi connectivity index (χ1v) is 12.8. The summed E-state index contributed by atoms with van der Waals surface area (Å²) in [6.07, 6.45) is 0. The number of amides is 1. The molecule has 0 aliphatic carbocycles. The smallest absolute Gasteiger partial charge is 0.255 e. The normalized spacial score (nSPS) is 19.4. The van der Waals surface area contributed by atoms with Gasteiger partial charge in [0.25, 0.3) is 5.91 Å². The van der Waals surface area contributed by atoms with Crippen molar-refractivity contribution in [2.75, 3.05) is 65.9 Å². The summed E-state index contributed by atoms with van der Waals surface area (Å²) in [6, 6.07) is 11.4. The number of carbonyl (C=O) groups excluding carboxylic acids is 1. The van der Waals surface area contributed by atoms with Crippen LogP contribution in [0.4, 0.5) is 5.69 Å². The van der Waals surface area contributed by atoms with Crippen molar-refractivity contribution >= 4 is 34.2 Å². The molecule has 2 N–H and O–H groups in total. The van der Waals surface area contributed by atoms with Crippen LogP contribution in [0.2, 0.25) is 0 Å². The van der Waals surface area contributed by atoms with Crippen molar-refractivity contribution in [1.29, 1.82) is 0 Å². The number of rotatable bonds is 8. The number of methoxy groups -OCH3 is 3. The zero-order valence-corrected chi connectivity index (χ0v) is 21.6. The van der Waals surface area contributed by atoms with Crippen molar-refractivity contribution in [1.82, 2.24) is 15.1 Å². The van der Waals surface area contributed by atoms with Crippen LogP contribution in [0.15, 0.2) is 46.8 Å². The summed E-state index contributed by atoms with van der Waals surface area (Å²) in [7, 11) is 4.60. The average Bonchev–Trinajstić information content (AvgIpc) is 3.49. The van der Waals surface area contributed by atoms with Crippen molar-refractivity contribution in [2.45, 2.75) is 6.04 Å². The molecule has 10 heteroatoms. The highest BCUT2D eigenvalue weighted by Gasteiger charge is 2.34. The molecule has 2 aromatic rings. The summed E-state index contributed by atoms with van der Waals surface area (Å²) in [4.78, 5) is 23.0. The summed E-state index contributed by atoms with van der Waals surface area (Å²) in [5, 5.41) is 9.62. The number of aliphatic imine (C=N–C) groups is 1. The van der Waals surface area contributed by atoms with E-state index in [0.29, 0.717) is 22.8 Å². The number of para-hydroxylation sites is 1. The quantitative estimate of drug-likeness (QED) is 0.562. The van der Waals surface area contributed by atoms with Crippen LogP contribution >= 0.6 is 11.8 Å². The van der Waals surface area contributed by atoms with Gasteiger partial charge in [-0.2, -0.15) is 0 Å². The van der Waals surface area contributed by atoms with Crippen molar-refractivity contribution in [3.8, 4) is 17.2 Å². The molecule has 0 bridgehead atoms. The second-order valence-electron chi connectivity index (χ2n) is 8.76. The Morgan fingerprint density at radius 3 is 2.53 bits per heavy atom. The second kappa shape index (κ2) is 10.8. The Bertz CT molecular complexity index is 1170. The van der Waals surface area contributed by atoms with Gasteiger partial charge in [0.05, 0.1) is 38.8 Å². The number of nitrogens with zero attached hydrogens (tertiary/aromatic N) is 3. The summed E-state index contributed by atoms with van der Waals surface area (Å²) < 4.78 is 16.2. The minimum atomic E-state index is -0.264. The SMILES string of the molecule is COc1cc(C(=O)Nc2ccccc2C2=CSC3=NC(CN4CCNCC4)CN23)cc(OC)c1OC. The Morgan fingerprint density at radius 2 is 1.83 bits per heavy atom. The third kappa shape index (κ3) is 4.88. The third-order valence-electron chi connectivity index (χ3n) is 6.54. The summed E-state index contributed by atoms with van der Waals surface area (Å²) >= 11 is 1.64. The molecule has 1 atom stereocenters. The number of piperazine rings is 1. The lowest BCUT2D eigenvalue weighted by atomic mass is 10.1. The molecule has 0 aromatic heterocycles. The van der Waals surface area contributed by atoms with Crippen LogP contribution < -0.4 is 24.8 Å². The molecule has 2 aromatic carbocycles. The summed E-state index contributed by atoms with van der Waals surface area (Å²) in [5.41, 5.74) is 3.16. The van der Waals surface area contributed by atoms with Gasteiger partial charge in [0.1, 0.15) is 0 Å². The number of ether oxygens (including phenoxy) is 3. The van der Waals surface area contributed by atoms with E-state index in [9.17, 15) is 4.79 Å². The molecule has 0 saturated carbocycles. The van der Waals surface area contributed by atoms with Gasteiger partial charge >= 0.3 is 0 Å². The predicted octanol–water partition coefficient (Wildman–Crippen LogP) is 2.96. The minimum absolute atomic E-state index is 0.246. The Labute approximate surface area is 215 Å². The van der Waals surface area contributed by atoms with Crippen LogP contribution in [0, 0.1) is 0 Å². The van der Waals surface area contributed by atoms with Gasteiger partial charge in [-0.05, 0) is 18.2 Å².